The number of halogens is 1. The van der Waals surface area contributed by atoms with Crippen LogP contribution in [-0.4, -0.2) is 17.0 Å². The normalized spacial score (nSPS) is 10.5. The SMILES string of the molecule is Cc1cc(C(=O)O)ccc1NC(=O)c1ccc(-c2ccc(Cl)cc2)o1. The van der Waals surface area contributed by atoms with Gasteiger partial charge in [0, 0.05) is 16.3 Å². The van der Waals surface area contributed by atoms with Crippen LogP contribution in [0.4, 0.5) is 5.69 Å². The van der Waals surface area contributed by atoms with E-state index in [0.717, 1.165) is 5.56 Å². The van der Waals surface area contributed by atoms with Crippen molar-refractivity contribution in [1.82, 2.24) is 0 Å². The number of rotatable bonds is 4. The van der Waals surface area contributed by atoms with Gasteiger partial charge in [0.2, 0.25) is 0 Å². The van der Waals surface area contributed by atoms with Crippen molar-refractivity contribution < 1.29 is 19.1 Å². The Balaban J connectivity index is 1.78. The third-order valence-electron chi connectivity index (χ3n) is 3.68. The summed E-state index contributed by atoms with van der Waals surface area (Å²) in [7, 11) is 0. The minimum atomic E-state index is -1.01. The van der Waals surface area contributed by atoms with Crippen LogP contribution in [0.5, 0.6) is 0 Å². The Morgan fingerprint density at radius 1 is 1.04 bits per heavy atom. The highest BCUT2D eigenvalue weighted by Gasteiger charge is 2.14. The van der Waals surface area contributed by atoms with E-state index in [0.29, 0.717) is 22.0 Å². The van der Waals surface area contributed by atoms with Crippen molar-refractivity contribution in [1.29, 1.82) is 0 Å². The molecule has 5 nitrogen and oxygen atoms in total. The molecule has 1 amide bonds. The number of amides is 1. The number of hydrogen-bond donors (Lipinski definition) is 2. The van der Waals surface area contributed by atoms with Crippen LogP contribution in [0.3, 0.4) is 0 Å². The molecule has 0 unspecified atom stereocenters. The van der Waals surface area contributed by atoms with Gasteiger partial charge in [-0.2, -0.15) is 0 Å². The second kappa shape index (κ2) is 6.83. The van der Waals surface area contributed by atoms with Gasteiger partial charge in [-0.25, -0.2) is 4.79 Å². The van der Waals surface area contributed by atoms with Crippen LogP contribution in [0.25, 0.3) is 11.3 Å². The van der Waals surface area contributed by atoms with Gasteiger partial charge in [0.05, 0.1) is 5.56 Å². The van der Waals surface area contributed by atoms with E-state index >= 15 is 0 Å². The zero-order chi connectivity index (χ0) is 18.0. The Kier molecular flexibility index (Phi) is 4.59. The molecule has 1 aromatic heterocycles. The van der Waals surface area contributed by atoms with Crippen molar-refractivity contribution in [3.05, 3.63) is 76.5 Å². The first kappa shape index (κ1) is 16.8. The Bertz CT molecular complexity index is 944. The lowest BCUT2D eigenvalue weighted by Gasteiger charge is -2.08. The van der Waals surface area contributed by atoms with Crippen molar-refractivity contribution in [3.8, 4) is 11.3 Å². The molecule has 126 valence electrons. The number of carboxylic acid groups (broad SMARTS) is 1. The maximum absolute atomic E-state index is 12.3. The summed E-state index contributed by atoms with van der Waals surface area (Å²) >= 11 is 5.86. The van der Waals surface area contributed by atoms with Gasteiger partial charge in [0.15, 0.2) is 5.76 Å². The number of carbonyl (C=O) groups excluding carboxylic acids is 1. The van der Waals surface area contributed by atoms with E-state index in [4.69, 9.17) is 21.1 Å². The summed E-state index contributed by atoms with van der Waals surface area (Å²) < 4.78 is 5.60. The molecule has 0 fully saturated rings. The van der Waals surface area contributed by atoms with Gasteiger partial charge >= 0.3 is 5.97 Å². The molecular weight excluding hydrogens is 342 g/mol. The highest BCUT2D eigenvalue weighted by molar-refractivity contribution is 6.30. The lowest BCUT2D eigenvalue weighted by atomic mass is 10.1. The summed E-state index contributed by atoms with van der Waals surface area (Å²) in [4.78, 5) is 23.3. The number of hydrogen-bond acceptors (Lipinski definition) is 3. The van der Waals surface area contributed by atoms with E-state index in [1.165, 1.54) is 12.1 Å². The number of nitrogens with one attached hydrogen (secondary N) is 1. The molecule has 0 atom stereocenters. The molecule has 0 saturated heterocycles. The summed E-state index contributed by atoms with van der Waals surface area (Å²) in [5.74, 6) is -0.711. The topological polar surface area (TPSA) is 79.5 Å². The number of carbonyl (C=O) groups is 2. The highest BCUT2D eigenvalue weighted by atomic mass is 35.5. The molecule has 0 spiro atoms. The fourth-order valence-electron chi connectivity index (χ4n) is 2.35. The fourth-order valence-corrected chi connectivity index (χ4v) is 2.48. The van der Waals surface area contributed by atoms with Crippen LogP contribution in [0.1, 0.15) is 26.5 Å². The van der Waals surface area contributed by atoms with Crippen molar-refractivity contribution in [2.45, 2.75) is 6.92 Å². The zero-order valence-corrected chi connectivity index (χ0v) is 14.0. The Morgan fingerprint density at radius 3 is 2.40 bits per heavy atom. The second-order valence-corrected chi connectivity index (χ2v) is 5.90. The summed E-state index contributed by atoms with van der Waals surface area (Å²) in [5.41, 5.74) is 2.15. The van der Waals surface area contributed by atoms with Crippen LogP contribution in [0.2, 0.25) is 5.02 Å². The van der Waals surface area contributed by atoms with E-state index in [9.17, 15) is 9.59 Å². The van der Waals surface area contributed by atoms with Gasteiger partial charge in [-0.1, -0.05) is 11.6 Å². The van der Waals surface area contributed by atoms with Gasteiger partial charge in [0.1, 0.15) is 5.76 Å². The van der Waals surface area contributed by atoms with Crippen LogP contribution >= 0.6 is 11.6 Å². The summed E-state index contributed by atoms with van der Waals surface area (Å²) in [6.45, 7) is 1.73. The maximum Gasteiger partial charge on any atom is 0.335 e. The number of benzene rings is 2. The van der Waals surface area contributed by atoms with Crippen molar-refractivity contribution >= 4 is 29.2 Å². The van der Waals surface area contributed by atoms with Crippen LogP contribution in [-0.2, 0) is 0 Å². The Morgan fingerprint density at radius 2 is 1.76 bits per heavy atom. The van der Waals surface area contributed by atoms with Crippen LogP contribution in [0.15, 0.2) is 59.0 Å². The molecule has 1 heterocycles. The van der Waals surface area contributed by atoms with Crippen LogP contribution < -0.4 is 5.32 Å². The summed E-state index contributed by atoms with van der Waals surface area (Å²) in [6, 6.07) is 14.9. The third kappa shape index (κ3) is 3.72. The molecular formula is C19H14ClNO4. The molecule has 0 bridgehead atoms. The Hall–Kier alpha value is -3.05. The maximum atomic E-state index is 12.3. The van der Waals surface area contributed by atoms with Crippen molar-refractivity contribution in [2.75, 3.05) is 5.32 Å². The van der Waals surface area contributed by atoms with Crippen molar-refractivity contribution in [3.63, 3.8) is 0 Å². The smallest absolute Gasteiger partial charge is 0.335 e. The zero-order valence-electron chi connectivity index (χ0n) is 13.2. The van der Waals surface area contributed by atoms with Gasteiger partial charge in [0.25, 0.3) is 5.91 Å². The number of anilines is 1. The van der Waals surface area contributed by atoms with E-state index in [-0.39, 0.29) is 11.3 Å². The first-order chi connectivity index (χ1) is 11.9. The predicted octanol–water partition coefficient (Wildman–Crippen LogP) is 4.86. The van der Waals surface area contributed by atoms with Gasteiger partial charge < -0.3 is 14.8 Å². The monoisotopic (exact) mass is 355 g/mol. The number of furan rings is 1. The number of aromatic carboxylic acids is 1. The molecule has 0 aliphatic rings. The molecule has 2 N–H and O–H groups in total. The molecule has 25 heavy (non-hydrogen) atoms. The van der Waals surface area contributed by atoms with E-state index in [1.807, 2.05) is 0 Å². The molecule has 0 radical (unpaired) electrons. The number of aryl methyl sites for hydroxylation is 1. The summed E-state index contributed by atoms with van der Waals surface area (Å²) in [6.07, 6.45) is 0. The molecule has 0 aliphatic carbocycles. The molecule has 2 aromatic carbocycles. The molecule has 6 heteroatoms. The van der Waals surface area contributed by atoms with E-state index in [2.05, 4.69) is 5.32 Å². The van der Waals surface area contributed by atoms with Crippen molar-refractivity contribution in [2.24, 2.45) is 0 Å². The molecule has 3 aromatic rings. The first-order valence-corrected chi connectivity index (χ1v) is 7.83. The molecule has 0 saturated carbocycles. The number of carboxylic acids is 1. The second-order valence-electron chi connectivity index (χ2n) is 5.46. The van der Waals surface area contributed by atoms with E-state index in [1.54, 1.807) is 49.4 Å². The third-order valence-corrected chi connectivity index (χ3v) is 3.93. The minimum Gasteiger partial charge on any atom is -0.478 e. The summed E-state index contributed by atoms with van der Waals surface area (Å²) in [5, 5.41) is 12.3. The highest BCUT2D eigenvalue weighted by Crippen LogP contribution is 2.25. The van der Waals surface area contributed by atoms with Gasteiger partial charge in [-0.3, -0.25) is 4.79 Å². The molecule has 0 aliphatic heterocycles. The quantitative estimate of drug-likeness (QED) is 0.700. The van der Waals surface area contributed by atoms with Crippen LogP contribution in [0, 0.1) is 6.92 Å². The van der Waals surface area contributed by atoms with E-state index < -0.39 is 11.9 Å². The fraction of sp³-hybridized carbons (Fsp3) is 0.0526. The standard InChI is InChI=1S/C19H14ClNO4/c1-11-10-13(19(23)24)4-7-15(11)21-18(22)17-9-8-16(25-17)12-2-5-14(20)6-3-12/h2-10H,1H3,(H,21,22)(H,23,24). The predicted molar refractivity (Wildman–Crippen MR) is 95.2 cm³/mol. The lowest BCUT2D eigenvalue weighted by Crippen LogP contribution is -2.12. The largest absolute Gasteiger partial charge is 0.478 e. The lowest BCUT2D eigenvalue weighted by molar-refractivity contribution is 0.0696. The van der Waals surface area contributed by atoms with Gasteiger partial charge in [-0.15, -0.1) is 0 Å². The minimum absolute atomic E-state index is 0.159. The van der Waals surface area contributed by atoms with Gasteiger partial charge in [-0.05, 0) is 67.1 Å². The average molecular weight is 356 g/mol. The molecule has 3 rings (SSSR count). The average Bonchev–Trinajstić information content (AvgIpc) is 3.07. The Labute approximate surface area is 148 Å². The first-order valence-electron chi connectivity index (χ1n) is 7.45.